The van der Waals surface area contributed by atoms with Gasteiger partial charge in [-0.25, -0.2) is 8.78 Å². The molecule has 0 aliphatic rings. The Bertz CT molecular complexity index is 489. The predicted octanol–water partition coefficient (Wildman–Crippen LogP) is 3.00. The molecule has 1 rings (SSSR count). The normalized spacial score (nSPS) is 15.6. The van der Waals surface area contributed by atoms with Crippen molar-refractivity contribution in [3.05, 3.63) is 35.4 Å². The number of hydrogen-bond acceptors (Lipinski definition) is 2. The van der Waals surface area contributed by atoms with Gasteiger partial charge < -0.3 is 10.6 Å². The lowest BCUT2D eigenvalue weighted by Gasteiger charge is -2.33. The Hall–Kier alpha value is -1.49. The molecular formula is C15H22F2N2O. The van der Waals surface area contributed by atoms with Gasteiger partial charge in [0.05, 0.1) is 11.6 Å². The molecular weight excluding hydrogens is 262 g/mol. The van der Waals surface area contributed by atoms with Crippen LogP contribution in [0.15, 0.2) is 18.2 Å². The Morgan fingerprint density at radius 3 is 2.50 bits per heavy atom. The minimum Gasteiger partial charge on any atom is -0.337 e. The van der Waals surface area contributed by atoms with Crippen LogP contribution in [-0.2, 0) is 4.79 Å². The van der Waals surface area contributed by atoms with Crippen LogP contribution in [0.4, 0.5) is 8.78 Å². The highest BCUT2D eigenvalue weighted by atomic mass is 19.2. The third-order valence-corrected chi connectivity index (χ3v) is 3.59. The van der Waals surface area contributed by atoms with Gasteiger partial charge in [0.2, 0.25) is 5.91 Å². The second-order valence-corrected chi connectivity index (χ2v) is 5.43. The van der Waals surface area contributed by atoms with Gasteiger partial charge in [-0.1, -0.05) is 19.4 Å². The van der Waals surface area contributed by atoms with E-state index in [-0.39, 0.29) is 11.9 Å². The molecule has 0 radical (unpaired) electrons. The van der Waals surface area contributed by atoms with Crippen molar-refractivity contribution in [3.63, 3.8) is 0 Å². The van der Waals surface area contributed by atoms with E-state index in [0.717, 1.165) is 18.6 Å². The molecule has 1 aromatic carbocycles. The first-order chi connectivity index (χ1) is 9.20. The molecule has 2 N–H and O–H groups in total. The van der Waals surface area contributed by atoms with Crippen molar-refractivity contribution in [3.8, 4) is 0 Å². The summed E-state index contributed by atoms with van der Waals surface area (Å²) in [5.74, 6) is -2.03. The lowest BCUT2D eigenvalue weighted by molar-refractivity contribution is -0.137. The third-order valence-electron chi connectivity index (χ3n) is 3.59. The molecule has 0 fully saturated rings. The fourth-order valence-corrected chi connectivity index (χ4v) is 2.20. The molecule has 0 bridgehead atoms. The number of amides is 1. The number of rotatable bonds is 5. The molecule has 1 aromatic rings. The Morgan fingerprint density at radius 2 is 2.00 bits per heavy atom. The zero-order valence-corrected chi connectivity index (χ0v) is 12.4. The zero-order chi connectivity index (χ0) is 15.5. The van der Waals surface area contributed by atoms with E-state index >= 15 is 0 Å². The van der Waals surface area contributed by atoms with Gasteiger partial charge in [-0.05, 0) is 38.0 Å². The largest absolute Gasteiger partial charge is 0.337 e. The molecule has 2 unspecified atom stereocenters. The van der Waals surface area contributed by atoms with Gasteiger partial charge in [-0.3, -0.25) is 4.79 Å². The first-order valence-electron chi connectivity index (χ1n) is 6.71. The highest BCUT2D eigenvalue weighted by molar-refractivity contribution is 5.85. The molecule has 0 heterocycles. The standard InChI is InChI=1S/C15H22F2N2O/c1-5-8-15(3,18)14(20)19(4)10(2)11-6-7-12(16)13(17)9-11/h6-7,9-10H,5,8,18H2,1-4H3. The minimum absolute atomic E-state index is 0.211. The van der Waals surface area contributed by atoms with Gasteiger partial charge in [-0.2, -0.15) is 0 Å². The summed E-state index contributed by atoms with van der Waals surface area (Å²) in [6, 6.07) is 3.27. The zero-order valence-electron chi connectivity index (χ0n) is 12.4. The van der Waals surface area contributed by atoms with Crippen LogP contribution in [0.5, 0.6) is 0 Å². The van der Waals surface area contributed by atoms with Crippen molar-refractivity contribution in [1.82, 2.24) is 4.90 Å². The van der Waals surface area contributed by atoms with Gasteiger partial charge in [0.1, 0.15) is 0 Å². The van der Waals surface area contributed by atoms with Crippen molar-refractivity contribution in [2.45, 2.75) is 45.2 Å². The summed E-state index contributed by atoms with van der Waals surface area (Å²) in [6.45, 7) is 5.40. The van der Waals surface area contributed by atoms with E-state index in [1.807, 2.05) is 6.92 Å². The van der Waals surface area contributed by atoms with Crippen LogP contribution in [0.1, 0.15) is 45.2 Å². The molecule has 0 spiro atoms. The van der Waals surface area contributed by atoms with Gasteiger partial charge in [-0.15, -0.1) is 0 Å². The third kappa shape index (κ3) is 3.54. The highest BCUT2D eigenvalue weighted by Gasteiger charge is 2.32. The van der Waals surface area contributed by atoms with E-state index in [9.17, 15) is 13.6 Å². The average molecular weight is 284 g/mol. The summed E-state index contributed by atoms with van der Waals surface area (Å²) in [4.78, 5) is 13.8. The molecule has 0 saturated heterocycles. The summed E-state index contributed by atoms with van der Waals surface area (Å²) < 4.78 is 26.2. The fraction of sp³-hybridized carbons (Fsp3) is 0.533. The van der Waals surface area contributed by atoms with Gasteiger partial charge in [0.15, 0.2) is 11.6 Å². The van der Waals surface area contributed by atoms with Crippen molar-refractivity contribution in [2.75, 3.05) is 7.05 Å². The van der Waals surface area contributed by atoms with Crippen LogP contribution in [0, 0.1) is 11.6 Å². The van der Waals surface area contributed by atoms with Crippen molar-refractivity contribution in [2.24, 2.45) is 5.73 Å². The molecule has 0 aliphatic heterocycles. The number of nitrogens with two attached hydrogens (primary N) is 1. The second-order valence-electron chi connectivity index (χ2n) is 5.43. The van der Waals surface area contributed by atoms with Crippen LogP contribution in [0.3, 0.4) is 0 Å². The van der Waals surface area contributed by atoms with Crippen molar-refractivity contribution < 1.29 is 13.6 Å². The maximum absolute atomic E-state index is 13.3. The molecule has 3 nitrogen and oxygen atoms in total. The number of carbonyl (C=O) groups excluding carboxylic acids is 1. The summed E-state index contributed by atoms with van der Waals surface area (Å²) >= 11 is 0. The number of benzene rings is 1. The Labute approximate surface area is 118 Å². The Morgan fingerprint density at radius 1 is 1.40 bits per heavy atom. The van der Waals surface area contributed by atoms with E-state index in [4.69, 9.17) is 5.73 Å². The van der Waals surface area contributed by atoms with Crippen molar-refractivity contribution >= 4 is 5.91 Å². The molecule has 0 aromatic heterocycles. The van der Waals surface area contributed by atoms with Crippen LogP contribution < -0.4 is 5.73 Å². The average Bonchev–Trinajstić information content (AvgIpc) is 2.39. The number of nitrogens with zero attached hydrogens (tertiary/aromatic N) is 1. The van der Waals surface area contributed by atoms with E-state index < -0.39 is 17.2 Å². The Balaban J connectivity index is 2.93. The molecule has 112 valence electrons. The predicted molar refractivity (Wildman–Crippen MR) is 75.0 cm³/mol. The van der Waals surface area contributed by atoms with E-state index in [1.54, 1.807) is 20.9 Å². The van der Waals surface area contributed by atoms with Crippen molar-refractivity contribution in [1.29, 1.82) is 0 Å². The van der Waals surface area contributed by atoms with E-state index in [0.29, 0.717) is 12.0 Å². The van der Waals surface area contributed by atoms with E-state index in [2.05, 4.69) is 0 Å². The van der Waals surface area contributed by atoms with Crippen LogP contribution in [-0.4, -0.2) is 23.4 Å². The first-order valence-corrected chi connectivity index (χ1v) is 6.71. The molecule has 1 amide bonds. The minimum atomic E-state index is -0.948. The lowest BCUT2D eigenvalue weighted by atomic mass is 9.94. The van der Waals surface area contributed by atoms with Crippen LogP contribution >= 0.6 is 0 Å². The number of likely N-dealkylation sites (N-methyl/N-ethyl adjacent to an activating group) is 1. The monoisotopic (exact) mass is 284 g/mol. The molecule has 5 heteroatoms. The highest BCUT2D eigenvalue weighted by Crippen LogP contribution is 2.24. The van der Waals surface area contributed by atoms with E-state index in [1.165, 1.54) is 11.0 Å². The fourth-order valence-electron chi connectivity index (χ4n) is 2.20. The quantitative estimate of drug-likeness (QED) is 0.903. The number of halogens is 2. The first kappa shape index (κ1) is 16.6. The smallest absolute Gasteiger partial charge is 0.242 e. The molecule has 20 heavy (non-hydrogen) atoms. The maximum atomic E-state index is 13.3. The summed E-state index contributed by atoms with van der Waals surface area (Å²) in [6.07, 6.45) is 1.37. The van der Waals surface area contributed by atoms with Gasteiger partial charge >= 0.3 is 0 Å². The number of hydrogen-bond donors (Lipinski definition) is 1. The second kappa shape index (κ2) is 6.31. The summed E-state index contributed by atoms with van der Waals surface area (Å²) in [7, 11) is 1.62. The SMILES string of the molecule is CCCC(C)(N)C(=O)N(C)C(C)c1ccc(F)c(F)c1. The molecule has 0 saturated carbocycles. The van der Waals surface area contributed by atoms with Gasteiger partial charge in [0.25, 0.3) is 0 Å². The Kier molecular flexibility index (Phi) is 5.22. The molecule has 2 atom stereocenters. The van der Waals surface area contributed by atoms with Crippen LogP contribution in [0.25, 0.3) is 0 Å². The summed E-state index contributed by atoms with van der Waals surface area (Å²) in [5, 5.41) is 0. The lowest BCUT2D eigenvalue weighted by Crippen LogP contribution is -2.52. The molecule has 0 aliphatic carbocycles. The topological polar surface area (TPSA) is 46.3 Å². The summed E-state index contributed by atoms with van der Waals surface area (Å²) in [5.41, 5.74) is 5.60. The van der Waals surface area contributed by atoms with Crippen LogP contribution in [0.2, 0.25) is 0 Å². The number of carbonyl (C=O) groups is 1. The maximum Gasteiger partial charge on any atom is 0.242 e. The van der Waals surface area contributed by atoms with Gasteiger partial charge in [0, 0.05) is 7.05 Å².